The minimum atomic E-state index is -0.717. The number of benzene rings is 1. The first-order chi connectivity index (χ1) is 7.02. The van der Waals surface area contributed by atoms with E-state index in [2.05, 4.69) is 6.92 Å². The molecule has 0 radical (unpaired) electrons. The summed E-state index contributed by atoms with van der Waals surface area (Å²) < 4.78 is 0. The van der Waals surface area contributed by atoms with Crippen LogP contribution in [-0.2, 0) is 10.2 Å². The summed E-state index contributed by atoms with van der Waals surface area (Å²) in [5.41, 5.74) is 1.17. The van der Waals surface area contributed by atoms with Crippen molar-refractivity contribution in [3.63, 3.8) is 0 Å². The Labute approximate surface area is 93.9 Å². The molecule has 2 rings (SSSR count). The van der Waals surface area contributed by atoms with Crippen molar-refractivity contribution in [2.45, 2.75) is 25.2 Å². The van der Waals surface area contributed by atoms with Crippen LogP contribution in [0.25, 0.3) is 0 Å². The SMILES string of the molecule is CC1(c2cccc(Cl)c2)CC1CC(=O)O. The molecule has 2 atom stereocenters. The first-order valence-electron chi connectivity index (χ1n) is 5.00. The molecule has 1 aromatic carbocycles. The van der Waals surface area contributed by atoms with Gasteiger partial charge in [-0.2, -0.15) is 0 Å². The maximum atomic E-state index is 10.6. The zero-order valence-electron chi connectivity index (χ0n) is 8.53. The second-order valence-electron chi connectivity index (χ2n) is 4.43. The molecule has 80 valence electrons. The highest BCUT2D eigenvalue weighted by Gasteiger charge is 2.51. The van der Waals surface area contributed by atoms with Crippen molar-refractivity contribution < 1.29 is 9.90 Å². The molecule has 2 nitrogen and oxygen atoms in total. The van der Waals surface area contributed by atoms with Gasteiger partial charge < -0.3 is 5.11 Å². The molecule has 1 N–H and O–H groups in total. The van der Waals surface area contributed by atoms with E-state index in [-0.39, 0.29) is 17.8 Å². The zero-order valence-corrected chi connectivity index (χ0v) is 9.29. The predicted molar refractivity (Wildman–Crippen MR) is 59.2 cm³/mol. The van der Waals surface area contributed by atoms with Gasteiger partial charge in [-0.15, -0.1) is 0 Å². The number of hydrogen-bond acceptors (Lipinski definition) is 1. The average molecular weight is 225 g/mol. The second kappa shape index (κ2) is 3.53. The maximum Gasteiger partial charge on any atom is 0.303 e. The zero-order chi connectivity index (χ0) is 11.1. The van der Waals surface area contributed by atoms with Gasteiger partial charge in [0.2, 0.25) is 0 Å². The van der Waals surface area contributed by atoms with E-state index in [0.29, 0.717) is 0 Å². The fraction of sp³-hybridized carbons (Fsp3) is 0.417. The van der Waals surface area contributed by atoms with Crippen LogP contribution in [0.15, 0.2) is 24.3 Å². The molecule has 0 aliphatic heterocycles. The van der Waals surface area contributed by atoms with Gasteiger partial charge in [0.1, 0.15) is 0 Å². The Hall–Kier alpha value is -1.02. The summed E-state index contributed by atoms with van der Waals surface area (Å²) in [7, 11) is 0. The highest BCUT2D eigenvalue weighted by atomic mass is 35.5. The fourth-order valence-corrected chi connectivity index (χ4v) is 2.35. The fourth-order valence-electron chi connectivity index (χ4n) is 2.16. The molecule has 0 saturated heterocycles. The lowest BCUT2D eigenvalue weighted by Crippen LogP contribution is -2.07. The lowest BCUT2D eigenvalue weighted by atomic mass is 9.94. The normalized spacial score (nSPS) is 28.8. The summed E-state index contributed by atoms with van der Waals surface area (Å²) in [6.07, 6.45) is 1.20. The predicted octanol–water partition coefficient (Wildman–Crippen LogP) is 3.09. The molecule has 15 heavy (non-hydrogen) atoms. The smallest absolute Gasteiger partial charge is 0.303 e. The largest absolute Gasteiger partial charge is 0.481 e. The van der Waals surface area contributed by atoms with Crippen molar-refractivity contribution >= 4 is 17.6 Å². The van der Waals surface area contributed by atoms with Gasteiger partial charge >= 0.3 is 5.97 Å². The van der Waals surface area contributed by atoms with Crippen molar-refractivity contribution in [3.05, 3.63) is 34.9 Å². The Morgan fingerprint density at radius 3 is 3.00 bits per heavy atom. The van der Waals surface area contributed by atoms with Crippen LogP contribution in [0.1, 0.15) is 25.3 Å². The molecule has 1 aromatic rings. The molecule has 3 heteroatoms. The van der Waals surface area contributed by atoms with Gasteiger partial charge in [0.25, 0.3) is 0 Å². The van der Waals surface area contributed by atoms with Crippen LogP contribution >= 0.6 is 11.6 Å². The summed E-state index contributed by atoms with van der Waals surface area (Å²) in [4.78, 5) is 10.6. The highest BCUT2D eigenvalue weighted by molar-refractivity contribution is 6.30. The van der Waals surface area contributed by atoms with E-state index < -0.39 is 5.97 Å². The molecule has 0 spiro atoms. The third kappa shape index (κ3) is 2.00. The molecular formula is C12H13ClO2. The van der Waals surface area contributed by atoms with Crippen LogP contribution in [0.2, 0.25) is 5.02 Å². The van der Waals surface area contributed by atoms with Gasteiger partial charge in [0, 0.05) is 11.4 Å². The number of hydrogen-bond donors (Lipinski definition) is 1. The van der Waals surface area contributed by atoms with Crippen LogP contribution in [0.5, 0.6) is 0 Å². The Balaban J connectivity index is 2.16. The Morgan fingerprint density at radius 1 is 1.67 bits per heavy atom. The first kappa shape index (κ1) is 10.5. The van der Waals surface area contributed by atoms with Gasteiger partial charge in [-0.3, -0.25) is 4.79 Å². The Morgan fingerprint density at radius 2 is 2.40 bits per heavy atom. The van der Waals surface area contributed by atoms with Crippen molar-refractivity contribution in [3.8, 4) is 0 Å². The standard InChI is InChI=1S/C12H13ClO2/c1-12(7-9(12)6-11(14)15)8-3-2-4-10(13)5-8/h2-5,9H,6-7H2,1H3,(H,14,15). The molecule has 1 saturated carbocycles. The third-order valence-electron chi connectivity index (χ3n) is 3.32. The molecule has 1 fully saturated rings. The molecule has 1 aliphatic rings. The maximum absolute atomic E-state index is 10.6. The van der Waals surface area contributed by atoms with Gasteiger partial charge in [-0.05, 0) is 35.4 Å². The van der Waals surface area contributed by atoms with E-state index in [1.54, 1.807) is 0 Å². The van der Waals surface area contributed by atoms with E-state index in [4.69, 9.17) is 16.7 Å². The van der Waals surface area contributed by atoms with Crippen LogP contribution in [0, 0.1) is 5.92 Å². The van der Waals surface area contributed by atoms with E-state index in [9.17, 15) is 4.79 Å². The summed E-state index contributed by atoms with van der Waals surface area (Å²) >= 11 is 5.92. The lowest BCUT2D eigenvalue weighted by Gasteiger charge is -2.11. The van der Waals surface area contributed by atoms with Gasteiger partial charge in [-0.1, -0.05) is 30.7 Å². The third-order valence-corrected chi connectivity index (χ3v) is 3.55. The molecule has 0 heterocycles. The first-order valence-corrected chi connectivity index (χ1v) is 5.38. The number of carboxylic acids is 1. The summed E-state index contributed by atoms with van der Waals surface area (Å²) in [5, 5.41) is 9.45. The van der Waals surface area contributed by atoms with Gasteiger partial charge in [0.05, 0.1) is 0 Å². The number of halogens is 1. The summed E-state index contributed by atoms with van der Waals surface area (Å²) in [6.45, 7) is 2.10. The van der Waals surface area contributed by atoms with E-state index in [1.165, 1.54) is 0 Å². The lowest BCUT2D eigenvalue weighted by molar-refractivity contribution is -0.137. The Kier molecular flexibility index (Phi) is 2.47. The molecule has 2 unspecified atom stereocenters. The van der Waals surface area contributed by atoms with Crippen LogP contribution < -0.4 is 0 Å². The number of rotatable bonds is 3. The van der Waals surface area contributed by atoms with Crippen molar-refractivity contribution in [1.29, 1.82) is 0 Å². The average Bonchev–Trinajstić information content (AvgIpc) is 2.77. The van der Waals surface area contributed by atoms with Crippen molar-refractivity contribution in [2.24, 2.45) is 5.92 Å². The van der Waals surface area contributed by atoms with Crippen LogP contribution in [-0.4, -0.2) is 11.1 Å². The number of carbonyl (C=O) groups is 1. The second-order valence-corrected chi connectivity index (χ2v) is 4.86. The van der Waals surface area contributed by atoms with E-state index in [0.717, 1.165) is 17.0 Å². The van der Waals surface area contributed by atoms with Crippen molar-refractivity contribution in [1.82, 2.24) is 0 Å². The van der Waals surface area contributed by atoms with Crippen LogP contribution in [0.4, 0.5) is 0 Å². The molecule has 0 bridgehead atoms. The molecule has 1 aliphatic carbocycles. The number of aliphatic carboxylic acids is 1. The minimum Gasteiger partial charge on any atom is -0.481 e. The summed E-state index contributed by atoms with van der Waals surface area (Å²) in [6, 6.07) is 7.71. The summed E-state index contributed by atoms with van der Waals surface area (Å²) in [5.74, 6) is -0.459. The molecular weight excluding hydrogens is 212 g/mol. The topological polar surface area (TPSA) is 37.3 Å². The van der Waals surface area contributed by atoms with Gasteiger partial charge in [-0.25, -0.2) is 0 Å². The Bertz CT molecular complexity index is 402. The van der Waals surface area contributed by atoms with E-state index in [1.807, 2.05) is 24.3 Å². The molecule has 0 aromatic heterocycles. The van der Waals surface area contributed by atoms with E-state index >= 15 is 0 Å². The van der Waals surface area contributed by atoms with Crippen molar-refractivity contribution in [2.75, 3.05) is 0 Å². The number of carboxylic acid groups (broad SMARTS) is 1. The van der Waals surface area contributed by atoms with Gasteiger partial charge in [0.15, 0.2) is 0 Å². The minimum absolute atomic E-state index is 0.0172. The quantitative estimate of drug-likeness (QED) is 0.857. The highest BCUT2D eigenvalue weighted by Crippen LogP contribution is 2.55. The monoisotopic (exact) mass is 224 g/mol. The molecule has 0 amide bonds. The van der Waals surface area contributed by atoms with Crippen LogP contribution in [0.3, 0.4) is 0 Å².